The van der Waals surface area contributed by atoms with Crippen molar-refractivity contribution in [3.05, 3.63) is 12.7 Å². The van der Waals surface area contributed by atoms with E-state index in [1.54, 1.807) is 6.08 Å². The van der Waals surface area contributed by atoms with Crippen molar-refractivity contribution >= 4 is 8.32 Å². The van der Waals surface area contributed by atoms with E-state index in [1.165, 1.54) is 7.11 Å². The molecule has 1 aliphatic rings. The van der Waals surface area contributed by atoms with E-state index in [2.05, 4.69) is 40.4 Å². The Morgan fingerprint density at radius 2 is 1.83 bits per heavy atom. The van der Waals surface area contributed by atoms with E-state index in [0.29, 0.717) is 0 Å². The monoisotopic (exact) mass is 348 g/mol. The standard InChI is InChI=1S/C16H32O6Si/c1-8-9-20-14-12(17)11(22-15(19-5)13(14)18)10-21-23(6,7)16(2,3)4/h8,11-15,17-18H,1,9-10H2,2-7H3/t11-,12+,13-,14+,15+/m1/s1. The van der Waals surface area contributed by atoms with Crippen LogP contribution in [0.3, 0.4) is 0 Å². The molecule has 0 spiro atoms. The number of aliphatic hydroxyl groups excluding tert-OH is 2. The van der Waals surface area contributed by atoms with Crippen molar-refractivity contribution in [1.29, 1.82) is 0 Å². The maximum Gasteiger partial charge on any atom is 0.192 e. The quantitative estimate of drug-likeness (QED) is 0.538. The molecule has 0 saturated carbocycles. The summed E-state index contributed by atoms with van der Waals surface area (Å²) in [6, 6.07) is 0. The highest BCUT2D eigenvalue weighted by Gasteiger charge is 2.47. The van der Waals surface area contributed by atoms with E-state index in [1.807, 2.05) is 0 Å². The van der Waals surface area contributed by atoms with Crippen molar-refractivity contribution < 1.29 is 28.8 Å². The average Bonchev–Trinajstić information content (AvgIpc) is 2.45. The van der Waals surface area contributed by atoms with Gasteiger partial charge < -0.3 is 28.8 Å². The fourth-order valence-electron chi connectivity index (χ4n) is 2.12. The zero-order valence-electron chi connectivity index (χ0n) is 15.1. The molecule has 1 rings (SSSR count). The van der Waals surface area contributed by atoms with Gasteiger partial charge in [-0.25, -0.2) is 0 Å². The second-order valence-electron chi connectivity index (χ2n) is 7.42. The average molecular weight is 349 g/mol. The molecule has 7 heteroatoms. The van der Waals surface area contributed by atoms with E-state index in [0.717, 1.165) is 0 Å². The molecular weight excluding hydrogens is 316 g/mol. The van der Waals surface area contributed by atoms with Crippen LogP contribution in [0.15, 0.2) is 12.7 Å². The Balaban J connectivity index is 2.78. The molecule has 136 valence electrons. The summed E-state index contributed by atoms with van der Waals surface area (Å²) in [6.45, 7) is 14.8. The highest BCUT2D eigenvalue weighted by molar-refractivity contribution is 6.74. The summed E-state index contributed by atoms with van der Waals surface area (Å²) in [5, 5.41) is 20.7. The van der Waals surface area contributed by atoms with Gasteiger partial charge in [0.25, 0.3) is 0 Å². The molecule has 6 nitrogen and oxygen atoms in total. The van der Waals surface area contributed by atoms with E-state index < -0.39 is 39.0 Å². The summed E-state index contributed by atoms with van der Waals surface area (Å²) in [6.07, 6.45) is -2.79. The minimum absolute atomic E-state index is 0.0610. The summed E-state index contributed by atoms with van der Waals surface area (Å²) in [4.78, 5) is 0. The predicted octanol–water partition coefficient (Wildman–Crippen LogP) is 1.67. The molecule has 0 bridgehead atoms. The Hall–Kier alpha value is -0.283. The maximum atomic E-state index is 10.5. The smallest absolute Gasteiger partial charge is 0.192 e. The van der Waals surface area contributed by atoms with Crippen LogP contribution in [0.25, 0.3) is 0 Å². The lowest BCUT2D eigenvalue weighted by Crippen LogP contribution is -2.60. The van der Waals surface area contributed by atoms with Gasteiger partial charge in [0.05, 0.1) is 13.2 Å². The first-order chi connectivity index (χ1) is 10.5. The van der Waals surface area contributed by atoms with Crippen molar-refractivity contribution in [3.8, 4) is 0 Å². The van der Waals surface area contributed by atoms with Crippen LogP contribution in [0.2, 0.25) is 18.1 Å². The van der Waals surface area contributed by atoms with Crippen molar-refractivity contribution in [2.45, 2.75) is 69.6 Å². The number of rotatable bonds is 7. The Labute approximate surface area is 140 Å². The number of ether oxygens (including phenoxy) is 3. The zero-order valence-corrected chi connectivity index (χ0v) is 16.1. The fraction of sp³-hybridized carbons (Fsp3) is 0.875. The fourth-order valence-corrected chi connectivity index (χ4v) is 3.13. The number of hydrogen-bond donors (Lipinski definition) is 2. The molecule has 0 unspecified atom stereocenters. The van der Waals surface area contributed by atoms with Crippen LogP contribution in [0.4, 0.5) is 0 Å². The van der Waals surface area contributed by atoms with Crippen molar-refractivity contribution in [1.82, 2.24) is 0 Å². The maximum absolute atomic E-state index is 10.5. The molecule has 0 aromatic rings. The first kappa shape index (κ1) is 20.8. The molecule has 23 heavy (non-hydrogen) atoms. The largest absolute Gasteiger partial charge is 0.414 e. The lowest BCUT2D eigenvalue weighted by atomic mass is 9.99. The zero-order chi connectivity index (χ0) is 17.8. The van der Waals surface area contributed by atoms with Gasteiger partial charge in [0, 0.05) is 7.11 Å². The van der Waals surface area contributed by atoms with Gasteiger partial charge in [-0.3, -0.25) is 0 Å². The third kappa shape index (κ3) is 5.09. The van der Waals surface area contributed by atoms with Crippen molar-refractivity contribution in [2.75, 3.05) is 20.3 Å². The number of methoxy groups -OCH3 is 1. The molecule has 1 aliphatic heterocycles. The molecule has 1 fully saturated rings. The van der Waals surface area contributed by atoms with E-state index in [4.69, 9.17) is 18.6 Å². The molecule has 1 saturated heterocycles. The summed E-state index contributed by atoms with van der Waals surface area (Å²) >= 11 is 0. The van der Waals surface area contributed by atoms with E-state index >= 15 is 0 Å². The highest BCUT2D eigenvalue weighted by Crippen LogP contribution is 2.37. The van der Waals surface area contributed by atoms with Crippen LogP contribution in [0, 0.1) is 0 Å². The topological polar surface area (TPSA) is 77.4 Å². The summed E-state index contributed by atoms with van der Waals surface area (Å²) < 4.78 is 22.4. The minimum atomic E-state index is -1.97. The Kier molecular flexibility index (Phi) is 7.40. The summed E-state index contributed by atoms with van der Waals surface area (Å²) in [5.41, 5.74) is 0. The molecule has 0 radical (unpaired) electrons. The van der Waals surface area contributed by atoms with Crippen LogP contribution < -0.4 is 0 Å². The van der Waals surface area contributed by atoms with Crippen LogP contribution in [0.1, 0.15) is 20.8 Å². The van der Waals surface area contributed by atoms with E-state index in [-0.39, 0.29) is 18.3 Å². The molecule has 0 aromatic heterocycles. The Bertz CT molecular complexity index is 381. The van der Waals surface area contributed by atoms with Crippen molar-refractivity contribution in [3.63, 3.8) is 0 Å². The van der Waals surface area contributed by atoms with Gasteiger partial charge in [0.2, 0.25) is 0 Å². The summed E-state index contributed by atoms with van der Waals surface area (Å²) in [7, 11) is -0.520. The second-order valence-corrected chi connectivity index (χ2v) is 12.2. The van der Waals surface area contributed by atoms with Gasteiger partial charge >= 0.3 is 0 Å². The lowest BCUT2D eigenvalue weighted by Gasteiger charge is -2.43. The molecule has 0 aliphatic carbocycles. The van der Waals surface area contributed by atoms with Gasteiger partial charge in [0.1, 0.15) is 24.4 Å². The third-order valence-electron chi connectivity index (χ3n) is 4.70. The Morgan fingerprint density at radius 3 is 2.30 bits per heavy atom. The molecule has 0 aromatic carbocycles. The first-order valence-corrected chi connectivity index (χ1v) is 10.9. The summed E-state index contributed by atoms with van der Waals surface area (Å²) in [5.74, 6) is 0. The van der Waals surface area contributed by atoms with Gasteiger partial charge in [-0.1, -0.05) is 26.8 Å². The highest BCUT2D eigenvalue weighted by atomic mass is 28.4. The van der Waals surface area contributed by atoms with Gasteiger partial charge in [-0.2, -0.15) is 0 Å². The van der Waals surface area contributed by atoms with Crippen LogP contribution in [0.5, 0.6) is 0 Å². The van der Waals surface area contributed by atoms with Crippen LogP contribution in [-0.4, -0.2) is 69.6 Å². The van der Waals surface area contributed by atoms with Crippen molar-refractivity contribution in [2.24, 2.45) is 0 Å². The third-order valence-corrected chi connectivity index (χ3v) is 9.20. The predicted molar refractivity (Wildman–Crippen MR) is 90.8 cm³/mol. The molecule has 1 heterocycles. The normalized spacial score (nSPS) is 32.8. The van der Waals surface area contributed by atoms with Gasteiger partial charge in [-0.15, -0.1) is 6.58 Å². The number of aliphatic hydroxyl groups is 2. The SMILES string of the molecule is C=CCO[C@H]1[C@@H](O)[C@@H](CO[Si](C)(C)C(C)(C)C)O[C@H](OC)[C@@H]1O. The molecular formula is C16H32O6Si. The first-order valence-electron chi connectivity index (χ1n) is 7.96. The minimum Gasteiger partial charge on any atom is -0.414 e. The van der Waals surface area contributed by atoms with Crippen LogP contribution in [-0.2, 0) is 18.6 Å². The van der Waals surface area contributed by atoms with E-state index in [9.17, 15) is 10.2 Å². The molecule has 0 amide bonds. The Morgan fingerprint density at radius 1 is 1.22 bits per heavy atom. The number of hydrogen-bond acceptors (Lipinski definition) is 6. The van der Waals surface area contributed by atoms with Crippen LogP contribution >= 0.6 is 0 Å². The molecule has 5 atom stereocenters. The van der Waals surface area contributed by atoms with Gasteiger partial charge in [0.15, 0.2) is 14.6 Å². The lowest BCUT2D eigenvalue weighted by molar-refractivity contribution is -0.299. The van der Waals surface area contributed by atoms with Gasteiger partial charge in [-0.05, 0) is 18.1 Å². The molecule has 2 N–H and O–H groups in total. The second kappa shape index (κ2) is 8.20.